The number of thioether (sulfide) groups is 1. The number of amides is 1. The molecule has 7 nitrogen and oxygen atoms in total. The van der Waals surface area contributed by atoms with Crippen LogP contribution in [-0.4, -0.2) is 26.8 Å². The molecular weight excluding hydrogens is 442 g/mol. The third-order valence-electron chi connectivity index (χ3n) is 4.57. The normalized spacial score (nSPS) is 12.8. The minimum atomic E-state index is -0.182. The molecule has 2 aromatic heterocycles. The van der Waals surface area contributed by atoms with Crippen molar-refractivity contribution in [3.05, 3.63) is 51.1 Å². The summed E-state index contributed by atoms with van der Waals surface area (Å²) in [4.78, 5) is 17.9. The minimum Gasteiger partial charge on any atom is -0.486 e. The third-order valence-corrected chi connectivity index (χ3v) is 6.88. The highest BCUT2D eigenvalue weighted by molar-refractivity contribution is 7.99. The molecule has 2 heterocycles. The number of hydrogen-bond acceptors (Lipinski definition) is 7. The van der Waals surface area contributed by atoms with Crippen LogP contribution in [0.25, 0.3) is 0 Å². The number of fused-ring (bicyclic) bond motifs is 1. The first kappa shape index (κ1) is 20.7. The molecule has 1 aliphatic carbocycles. The predicted molar refractivity (Wildman–Crippen MR) is 117 cm³/mol. The average molecular weight is 460 g/mol. The van der Waals surface area contributed by atoms with Crippen LogP contribution in [0.3, 0.4) is 0 Å². The number of nitrogens with zero attached hydrogens (tertiary/aromatic N) is 3. The van der Waals surface area contributed by atoms with E-state index in [4.69, 9.17) is 16.3 Å². The van der Waals surface area contributed by atoms with Crippen LogP contribution in [0, 0.1) is 11.3 Å². The van der Waals surface area contributed by atoms with Crippen LogP contribution >= 0.6 is 34.7 Å². The lowest BCUT2D eigenvalue weighted by molar-refractivity contribution is -0.113. The Hall–Kier alpha value is -2.54. The summed E-state index contributed by atoms with van der Waals surface area (Å²) in [6.45, 7) is 0.230. The Bertz CT molecular complexity index is 1090. The van der Waals surface area contributed by atoms with E-state index in [2.05, 4.69) is 26.6 Å². The van der Waals surface area contributed by atoms with Crippen LogP contribution < -0.4 is 10.1 Å². The molecule has 10 heteroatoms. The highest BCUT2D eigenvalue weighted by Crippen LogP contribution is 2.37. The van der Waals surface area contributed by atoms with Gasteiger partial charge in [0, 0.05) is 9.90 Å². The first-order valence-corrected chi connectivity index (χ1v) is 11.6. The number of aromatic nitrogens is 3. The lowest BCUT2D eigenvalue weighted by Gasteiger charge is -2.09. The number of nitriles is 1. The Morgan fingerprint density at radius 2 is 2.13 bits per heavy atom. The van der Waals surface area contributed by atoms with E-state index in [1.165, 1.54) is 28.0 Å². The summed E-state index contributed by atoms with van der Waals surface area (Å²) in [5.41, 5.74) is 1.73. The van der Waals surface area contributed by atoms with Crippen molar-refractivity contribution in [3.8, 4) is 11.8 Å². The summed E-state index contributed by atoms with van der Waals surface area (Å²) < 4.78 is 5.62. The number of thiophene rings is 1. The van der Waals surface area contributed by atoms with Crippen LogP contribution in [0.1, 0.15) is 34.7 Å². The van der Waals surface area contributed by atoms with Gasteiger partial charge in [-0.25, -0.2) is 4.98 Å². The predicted octanol–water partition coefficient (Wildman–Crippen LogP) is 4.58. The molecular formula is C20H18ClN5O2S2. The molecule has 3 aromatic rings. The van der Waals surface area contributed by atoms with Crippen molar-refractivity contribution in [1.29, 1.82) is 5.26 Å². The van der Waals surface area contributed by atoms with Crippen molar-refractivity contribution < 1.29 is 9.53 Å². The number of ether oxygens (including phenoxy) is 1. The number of hydrogen-bond donors (Lipinski definition) is 2. The minimum absolute atomic E-state index is 0.156. The second kappa shape index (κ2) is 9.51. The van der Waals surface area contributed by atoms with Crippen molar-refractivity contribution in [3.63, 3.8) is 0 Å². The van der Waals surface area contributed by atoms with Gasteiger partial charge in [0.1, 0.15) is 23.4 Å². The topological polar surface area (TPSA) is 104 Å². The first-order valence-electron chi connectivity index (χ1n) is 9.39. The van der Waals surface area contributed by atoms with Gasteiger partial charge in [-0.2, -0.15) is 5.26 Å². The van der Waals surface area contributed by atoms with Crippen molar-refractivity contribution >= 4 is 45.6 Å². The maximum absolute atomic E-state index is 12.4. The molecule has 4 rings (SSSR count). The van der Waals surface area contributed by atoms with E-state index in [9.17, 15) is 10.1 Å². The number of H-pyrrole nitrogens is 1. The molecule has 0 saturated heterocycles. The van der Waals surface area contributed by atoms with Gasteiger partial charge in [-0.05, 0) is 55.5 Å². The maximum Gasteiger partial charge on any atom is 0.235 e. The van der Waals surface area contributed by atoms with Gasteiger partial charge >= 0.3 is 0 Å². The van der Waals surface area contributed by atoms with E-state index >= 15 is 0 Å². The summed E-state index contributed by atoms with van der Waals surface area (Å²) in [7, 11) is 0. The summed E-state index contributed by atoms with van der Waals surface area (Å²) >= 11 is 8.60. The van der Waals surface area contributed by atoms with Crippen molar-refractivity contribution in [1.82, 2.24) is 15.2 Å². The zero-order valence-corrected chi connectivity index (χ0v) is 18.3. The Labute approximate surface area is 186 Å². The second-order valence-electron chi connectivity index (χ2n) is 6.67. The van der Waals surface area contributed by atoms with Gasteiger partial charge in [-0.15, -0.1) is 16.4 Å². The fourth-order valence-electron chi connectivity index (χ4n) is 3.15. The highest BCUT2D eigenvalue weighted by atomic mass is 35.5. The van der Waals surface area contributed by atoms with E-state index in [-0.39, 0.29) is 18.3 Å². The van der Waals surface area contributed by atoms with Crippen LogP contribution in [0.4, 0.5) is 5.00 Å². The van der Waals surface area contributed by atoms with Gasteiger partial charge in [-0.3, -0.25) is 9.89 Å². The zero-order valence-electron chi connectivity index (χ0n) is 15.9. The molecule has 0 aliphatic heterocycles. The van der Waals surface area contributed by atoms with Crippen LogP contribution in [-0.2, 0) is 24.2 Å². The van der Waals surface area contributed by atoms with Crippen LogP contribution in [0.2, 0.25) is 5.02 Å². The quantitative estimate of drug-likeness (QED) is 0.501. The summed E-state index contributed by atoms with van der Waals surface area (Å²) in [5.74, 6) is 1.21. The number of aryl methyl sites for hydroxylation is 1. The highest BCUT2D eigenvalue weighted by Gasteiger charge is 2.22. The first-order chi connectivity index (χ1) is 14.6. The van der Waals surface area contributed by atoms with E-state index in [0.29, 0.717) is 32.3 Å². The smallest absolute Gasteiger partial charge is 0.235 e. The number of anilines is 1. The molecule has 1 aromatic carbocycles. The lowest BCUT2D eigenvalue weighted by atomic mass is 9.96. The molecule has 1 amide bonds. The van der Waals surface area contributed by atoms with E-state index in [1.54, 1.807) is 24.3 Å². The number of nitrogens with one attached hydrogen (secondary N) is 2. The molecule has 0 unspecified atom stereocenters. The molecule has 0 fully saturated rings. The van der Waals surface area contributed by atoms with E-state index < -0.39 is 0 Å². The van der Waals surface area contributed by atoms with Crippen molar-refractivity contribution in [2.24, 2.45) is 0 Å². The molecule has 0 bridgehead atoms. The van der Waals surface area contributed by atoms with Crippen molar-refractivity contribution in [2.75, 3.05) is 11.1 Å². The van der Waals surface area contributed by atoms with Crippen molar-refractivity contribution in [2.45, 2.75) is 37.4 Å². The number of carbonyl (C=O) groups is 1. The van der Waals surface area contributed by atoms with E-state index in [1.807, 2.05) is 0 Å². The molecule has 2 N–H and O–H groups in total. The molecule has 154 valence electrons. The van der Waals surface area contributed by atoms with E-state index in [0.717, 1.165) is 31.2 Å². The van der Waals surface area contributed by atoms with Gasteiger partial charge in [-0.1, -0.05) is 23.4 Å². The standard InChI is InChI=1S/C20H18ClN5O2S2/c21-12-5-7-13(8-6-12)28-10-17-23-20(26-25-17)29-11-18(27)24-19-15(9-22)14-3-1-2-4-16(14)30-19/h5-8H,1-4,10-11H2,(H,24,27)(H,23,25,26). The van der Waals surface area contributed by atoms with Gasteiger partial charge in [0.2, 0.25) is 11.1 Å². The maximum atomic E-state index is 12.4. The average Bonchev–Trinajstić information content (AvgIpc) is 3.35. The van der Waals surface area contributed by atoms with Gasteiger partial charge in [0.15, 0.2) is 5.82 Å². The fourth-order valence-corrected chi connectivity index (χ4v) is 5.15. The monoisotopic (exact) mass is 459 g/mol. The SMILES string of the molecule is N#Cc1c(NC(=O)CSc2n[nH]c(COc3ccc(Cl)cc3)n2)sc2c1CCCC2. The Morgan fingerprint density at radius 1 is 1.33 bits per heavy atom. The molecule has 0 spiro atoms. The number of halogens is 1. The summed E-state index contributed by atoms with van der Waals surface area (Å²) in [6, 6.07) is 9.30. The zero-order chi connectivity index (χ0) is 20.9. The molecule has 0 atom stereocenters. The second-order valence-corrected chi connectivity index (χ2v) is 9.16. The van der Waals surface area contributed by atoms with Gasteiger partial charge in [0.05, 0.1) is 11.3 Å². The molecule has 1 aliphatic rings. The Kier molecular flexibility index (Phi) is 6.57. The Morgan fingerprint density at radius 3 is 2.93 bits per heavy atom. The largest absolute Gasteiger partial charge is 0.486 e. The molecule has 0 saturated carbocycles. The van der Waals surface area contributed by atoms with Crippen LogP contribution in [0.15, 0.2) is 29.4 Å². The third kappa shape index (κ3) is 4.95. The number of rotatable bonds is 7. The number of aromatic amines is 1. The number of carbonyl (C=O) groups excluding carboxylic acids is 1. The molecule has 0 radical (unpaired) electrons. The van der Waals surface area contributed by atoms with Gasteiger partial charge < -0.3 is 10.1 Å². The molecule has 30 heavy (non-hydrogen) atoms. The summed E-state index contributed by atoms with van der Waals surface area (Å²) in [5, 5.41) is 21.0. The lowest BCUT2D eigenvalue weighted by Crippen LogP contribution is -2.14. The number of benzene rings is 1. The summed E-state index contributed by atoms with van der Waals surface area (Å²) in [6.07, 6.45) is 4.13. The van der Waals surface area contributed by atoms with Crippen LogP contribution in [0.5, 0.6) is 5.75 Å². The van der Waals surface area contributed by atoms with Gasteiger partial charge in [0.25, 0.3) is 0 Å². The Balaban J connectivity index is 1.29. The fraction of sp³-hybridized carbons (Fsp3) is 0.300.